The van der Waals surface area contributed by atoms with Crippen molar-refractivity contribution in [2.45, 2.75) is 52.7 Å². The summed E-state index contributed by atoms with van der Waals surface area (Å²) in [5, 5.41) is 0. The van der Waals surface area contributed by atoms with Crippen molar-refractivity contribution in [3.63, 3.8) is 0 Å². The summed E-state index contributed by atoms with van der Waals surface area (Å²) in [5.74, 6) is -0.0864. The van der Waals surface area contributed by atoms with Crippen molar-refractivity contribution in [2.75, 3.05) is 25.8 Å². The molecule has 0 heterocycles. The lowest BCUT2D eigenvalue weighted by molar-refractivity contribution is 0.0826. The molecule has 1 saturated carbocycles. The molecule has 0 N–H and O–H groups in total. The van der Waals surface area contributed by atoms with Gasteiger partial charge in [-0.1, -0.05) is 0 Å². The minimum atomic E-state index is -3.53. The molecule has 0 atom stereocenters. The third-order valence-corrected chi connectivity index (χ3v) is 6.55. The zero-order valence-corrected chi connectivity index (χ0v) is 15.6. The van der Waals surface area contributed by atoms with E-state index in [2.05, 4.69) is 4.18 Å². The number of hydrogen-bond donors (Lipinski definition) is 0. The second-order valence-electron chi connectivity index (χ2n) is 6.27. The summed E-state index contributed by atoms with van der Waals surface area (Å²) in [4.78, 5) is 0. The van der Waals surface area contributed by atoms with Gasteiger partial charge in [0.05, 0.1) is 31.7 Å². The normalized spacial score (nSPS) is 18.1. The van der Waals surface area contributed by atoms with E-state index in [4.69, 9.17) is 13.8 Å². The monoisotopic (exact) mass is 358 g/mol. The van der Waals surface area contributed by atoms with Crippen molar-refractivity contribution in [2.24, 2.45) is 5.41 Å². The van der Waals surface area contributed by atoms with Gasteiger partial charge in [0.1, 0.15) is 6.35 Å². The van der Waals surface area contributed by atoms with E-state index >= 15 is 0 Å². The summed E-state index contributed by atoms with van der Waals surface area (Å²) in [6.45, 7) is 7.27. The SMILES string of the molecule is COS(=O)(=O)CC1(COCP(=O)(OC(C)C)OC(C)C)CC1. The molecule has 0 spiro atoms. The molecule has 0 amide bonds. The maximum atomic E-state index is 12.6. The van der Waals surface area contributed by atoms with Crippen molar-refractivity contribution < 1.29 is 31.0 Å². The van der Waals surface area contributed by atoms with Gasteiger partial charge < -0.3 is 13.8 Å². The first-order chi connectivity index (χ1) is 10.0. The van der Waals surface area contributed by atoms with Crippen LogP contribution in [0.5, 0.6) is 0 Å². The predicted octanol–water partition coefficient (Wildman–Crippen LogP) is 2.76. The van der Waals surface area contributed by atoms with Crippen molar-refractivity contribution in [1.29, 1.82) is 0 Å². The highest BCUT2D eigenvalue weighted by atomic mass is 32.2. The molecule has 0 saturated heterocycles. The average molecular weight is 358 g/mol. The van der Waals surface area contributed by atoms with Crippen LogP contribution in [0.3, 0.4) is 0 Å². The molecule has 0 bridgehead atoms. The Hall–Kier alpha value is 0.0200. The fourth-order valence-corrected chi connectivity index (χ4v) is 5.05. The summed E-state index contributed by atoms with van der Waals surface area (Å²) in [5.41, 5.74) is -0.435. The minimum absolute atomic E-state index is 0.0864. The van der Waals surface area contributed by atoms with Crippen LogP contribution >= 0.6 is 7.60 Å². The molecule has 0 unspecified atom stereocenters. The van der Waals surface area contributed by atoms with Crippen LogP contribution in [0.25, 0.3) is 0 Å². The summed E-state index contributed by atoms with van der Waals surface area (Å²) in [7, 11) is -5.73. The first kappa shape index (κ1) is 20.1. The second kappa shape index (κ2) is 7.73. The second-order valence-corrected chi connectivity index (χ2v) is 9.90. The molecule has 0 aromatic carbocycles. The Morgan fingerprint density at radius 2 is 1.59 bits per heavy atom. The summed E-state index contributed by atoms with van der Waals surface area (Å²) < 4.78 is 56.3. The molecule has 1 rings (SSSR count). The van der Waals surface area contributed by atoms with E-state index in [1.165, 1.54) is 0 Å². The summed E-state index contributed by atoms with van der Waals surface area (Å²) >= 11 is 0. The Balaban J connectivity index is 2.54. The van der Waals surface area contributed by atoms with Crippen LogP contribution in [0.2, 0.25) is 0 Å². The molecule has 0 aromatic rings. The molecule has 22 heavy (non-hydrogen) atoms. The van der Waals surface area contributed by atoms with Crippen LogP contribution in [-0.2, 0) is 32.7 Å². The molecule has 1 aliphatic rings. The molecule has 132 valence electrons. The Labute approximate surface area is 133 Å². The van der Waals surface area contributed by atoms with Gasteiger partial charge in [-0.05, 0) is 40.5 Å². The quantitative estimate of drug-likeness (QED) is 0.414. The van der Waals surface area contributed by atoms with Gasteiger partial charge in [0.15, 0.2) is 0 Å². The first-order valence-electron chi connectivity index (χ1n) is 7.33. The highest BCUT2D eigenvalue weighted by Gasteiger charge is 2.47. The highest BCUT2D eigenvalue weighted by molar-refractivity contribution is 7.86. The first-order valence-corrected chi connectivity index (χ1v) is 10.6. The lowest BCUT2D eigenvalue weighted by Crippen LogP contribution is -2.23. The smallest absolute Gasteiger partial charge is 0.356 e. The van der Waals surface area contributed by atoms with Gasteiger partial charge in [-0.25, -0.2) is 0 Å². The van der Waals surface area contributed by atoms with E-state index in [0.29, 0.717) is 0 Å². The Morgan fingerprint density at radius 3 is 1.95 bits per heavy atom. The maximum Gasteiger partial charge on any atom is 0.356 e. The third kappa shape index (κ3) is 7.06. The van der Waals surface area contributed by atoms with Crippen LogP contribution < -0.4 is 0 Å². The molecular formula is C13H27O7PS. The van der Waals surface area contributed by atoms with Crippen LogP contribution in [0.4, 0.5) is 0 Å². The molecule has 7 nitrogen and oxygen atoms in total. The van der Waals surface area contributed by atoms with E-state index < -0.39 is 23.1 Å². The summed E-state index contributed by atoms with van der Waals surface area (Å²) in [6.07, 6.45) is 0.804. The molecule has 0 aromatic heterocycles. The Bertz CT molecular complexity index is 483. The number of rotatable bonds is 11. The topological polar surface area (TPSA) is 88.1 Å². The van der Waals surface area contributed by atoms with Crippen LogP contribution in [-0.4, -0.2) is 46.4 Å². The molecule has 0 radical (unpaired) electrons. The zero-order valence-electron chi connectivity index (χ0n) is 13.9. The molecule has 9 heteroatoms. The van der Waals surface area contributed by atoms with Crippen LogP contribution in [0.1, 0.15) is 40.5 Å². The van der Waals surface area contributed by atoms with Crippen molar-refractivity contribution in [3.05, 3.63) is 0 Å². The molecule has 1 fully saturated rings. The zero-order chi connectivity index (χ0) is 17.0. The van der Waals surface area contributed by atoms with Gasteiger partial charge in [0.2, 0.25) is 0 Å². The number of ether oxygens (including phenoxy) is 1. The maximum absolute atomic E-state index is 12.6. The molecular weight excluding hydrogens is 331 g/mol. The molecule has 1 aliphatic carbocycles. The summed E-state index contributed by atoms with van der Waals surface area (Å²) in [6, 6.07) is 0. The van der Waals surface area contributed by atoms with Crippen LogP contribution in [0, 0.1) is 5.41 Å². The van der Waals surface area contributed by atoms with Gasteiger partial charge in [0, 0.05) is 5.41 Å². The standard InChI is InChI=1S/C13H27O7PS/c1-11(2)19-21(14,20-12(3)4)10-18-8-13(6-7-13)9-22(15,16)17-5/h11-12H,6-10H2,1-5H3. The number of hydrogen-bond acceptors (Lipinski definition) is 7. The third-order valence-electron chi connectivity index (χ3n) is 3.09. The Morgan fingerprint density at radius 1 is 1.09 bits per heavy atom. The van der Waals surface area contributed by atoms with Gasteiger partial charge in [0.25, 0.3) is 10.1 Å². The van der Waals surface area contributed by atoms with E-state index in [-0.39, 0.29) is 30.9 Å². The van der Waals surface area contributed by atoms with Crippen LogP contribution in [0.15, 0.2) is 0 Å². The van der Waals surface area contributed by atoms with E-state index in [1.54, 1.807) is 27.7 Å². The Kier molecular flexibility index (Phi) is 7.05. The van der Waals surface area contributed by atoms with Gasteiger partial charge in [-0.3, -0.25) is 8.75 Å². The largest absolute Gasteiger partial charge is 0.368 e. The van der Waals surface area contributed by atoms with Crippen molar-refractivity contribution in [3.8, 4) is 0 Å². The predicted molar refractivity (Wildman–Crippen MR) is 83.3 cm³/mol. The van der Waals surface area contributed by atoms with E-state index in [0.717, 1.165) is 20.0 Å². The fraction of sp³-hybridized carbons (Fsp3) is 1.00. The fourth-order valence-electron chi connectivity index (χ4n) is 2.04. The lowest BCUT2D eigenvalue weighted by Gasteiger charge is -2.23. The van der Waals surface area contributed by atoms with E-state index in [1.807, 2.05) is 0 Å². The van der Waals surface area contributed by atoms with Gasteiger partial charge in [-0.2, -0.15) is 8.42 Å². The lowest BCUT2D eigenvalue weighted by atomic mass is 10.2. The van der Waals surface area contributed by atoms with E-state index in [9.17, 15) is 13.0 Å². The van der Waals surface area contributed by atoms with Gasteiger partial charge in [-0.15, -0.1) is 0 Å². The average Bonchev–Trinajstić information content (AvgIpc) is 3.05. The minimum Gasteiger partial charge on any atom is -0.368 e. The highest BCUT2D eigenvalue weighted by Crippen LogP contribution is 2.52. The van der Waals surface area contributed by atoms with Gasteiger partial charge >= 0.3 is 7.60 Å². The van der Waals surface area contributed by atoms with Crippen molar-refractivity contribution >= 4 is 17.7 Å². The molecule has 0 aliphatic heterocycles. The van der Waals surface area contributed by atoms with Crippen molar-refractivity contribution in [1.82, 2.24) is 0 Å².